The summed E-state index contributed by atoms with van der Waals surface area (Å²) in [6.45, 7) is 0. The Balaban J connectivity index is 3.06. The van der Waals surface area contributed by atoms with Gasteiger partial charge in [-0.3, -0.25) is 9.78 Å². The van der Waals surface area contributed by atoms with Gasteiger partial charge in [0.05, 0.1) is 0 Å². The van der Waals surface area contributed by atoms with Crippen LogP contribution in [0.4, 0.5) is 0 Å². The van der Waals surface area contributed by atoms with Crippen LogP contribution in [0.2, 0.25) is 0 Å². The van der Waals surface area contributed by atoms with Crippen LogP contribution >= 0.6 is 31.9 Å². The largest absolute Gasteiger partial charge is 0.366 e. The molecule has 1 aromatic rings. The van der Waals surface area contributed by atoms with E-state index >= 15 is 0 Å². The first kappa shape index (κ1) is 10.4. The molecule has 0 spiro atoms. The van der Waals surface area contributed by atoms with Crippen molar-refractivity contribution in [2.75, 3.05) is 0 Å². The number of carbonyl (C=O) groups excluding carboxylic acids is 1. The van der Waals surface area contributed by atoms with Crippen molar-refractivity contribution >= 4 is 43.8 Å². The molecule has 0 bridgehead atoms. The van der Waals surface area contributed by atoms with Crippen LogP contribution in [0, 0.1) is 0 Å². The van der Waals surface area contributed by atoms with Gasteiger partial charge in [-0.15, -0.1) is 0 Å². The molecule has 0 atom stereocenters. The zero-order chi connectivity index (χ0) is 9.84. The first-order valence-electron chi connectivity index (χ1n) is 3.38. The van der Waals surface area contributed by atoms with Gasteiger partial charge in [0.25, 0.3) is 0 Å². The van der Waals surface area contributed by atoms with E-state index in [1.165, 1.54) is 6.08 Å². The molecule has 68 valence electrons. The Morgan fingerprint density at radius 2 is 1.92 bits per heavy atom. The Labute approximate surface area is 92.3 Å². The van der Waals surface area contributed by atoms with Crippen LogP contribution in [0.1, 0.15) is 5.56 Å². The Hall–Kier alpha value is -0.680. The molecule has 3 nitrogen and oxygen atoms in total. The number of hydrogen-bond donors (Lipinski definition) is 1. The predicted molar refractivity (Wildman–Crippen MR) is 57.9 cm³/mol. The highest BCUT2D eigenvalue weighted by atomic mass is 79.9. The standard InChI is InChI=1S/C8H6Br2N2O/c9-6-3-12-4-7(10)5(6)1-2-8(11)13/h1-4H,(H2,11,13)/b2-1+. The highest BCUT2D eigenvalue weighted by Gasteiger charge is 2.01. The van der Waals surface area contributed by atoms with Crippen LogP contribution in [0.5, 0.6) is 0 Å². The molecule has 1 amide bonds. The predicted octanol–water partition coefficient (Wildman–Crippen LogP) is 2.11. The molecular weight excluding hydrogens is 300 g/mol. The van der Waals surface area contributed by atoms with Gasteiger partial charge in [0.15, 0.2) is 0 Å². The highest BCUT2D eigenvalue weighted by molar-refractivity contribution is 9.11. The molecule has 0 saturated heterocycles. The second-order valence-electron chi connectivity index (χ2n) is 2.25. The van der Waals surface area contributed by atoms with Crippen molar-refractivity contribution in [2.45, 2.75) is 0 Å². The van der Waals surface area contributed by atoms with Gasteiger partial charge in [0.1, 0.15) is 0 Å². The summed E-state index contributed by atoms with van der Waals surface area (Å²) >= 11 is 6.60. The van der Waals surface area contributed by atoms with Crippen LogP contribution in [-0.2, 0) is 4.79 Å². The van der Waals surface area contributed by atoms with Crippen LogP contribution in [0.25, 0.3) is 6.08 Å². The summed E-state index contributed by atoms with van der Waals surface area (Å²) in [6.07, 6.45) is 6.21. The van der Waals surface area contributed by atoms with E-state index in [0.717, 1.165) is 14.5 Å². The second kappa shape index (κ2) is 4.53. The van der Waals surface area contributed by atoms with Crippen LogP contribution in [0.15, 0.2) is 27.4 Å². The number of aromatic nitrogens is 1. The fourth-order valence-electron chi connectivity index (χ4n) is 0.746. The van der Waals surface area contributed by atoms with E-state index in [1.807, 2.05) is 0 Å². The van der Waals surface area contributed by atoms with E-state index in [4.69, 9.17) is 5.73 Å². The van der Waals surface area contributed by atoms with E-state index in [2.05, 4.69) is 36.8 Å². The Kier molecular flexibility index (Phi) is 3.62. The fourth-order valence-corrected chi connectivity index (χ4v) is 1.94. The minimum atomic E-state index is -0.476. The molecular formula is C8H6Br2N2O. The van der Waals surface area contributed by atoms with E-state index in [1.54, 1.807) is 18.5 Å². The molecule has 0 aliphatic rings. The number of nitrogens with zero attached hydrogens (tertiary/aromatic N) is 1. The average molecular weight is 306 g/mol. The normalized spacial score (nSPS) is 10.6. The molecule has 0 aliphatic carbocycles. The van der Waals surface area contributed by atoms with Crippen molar-refractivity contribution in [1.82, 2.24) is 4.98 Å². The van der Waals surface area contributed by atoms with Crippen molar-refractivity contribution in [2.24, 2.45) is 5.73 Å². The van der Waals surface area contributed by atoms with Gasteiger partial charge in [0.2, 0.25) is 5.91 Å². The van der Waals surface area contributed by atoms with Gasteiger partial charge in [0, 0.05) is 33.0 Å². The number of carbonyl (C=O) groups is 1. The van der Waals surface area contributed by atoms with Gasteiger partial charge in [-0.1, -0.05) is 0 Å². The Morgan fingerprint density at radius 1 is 1.38 bits per heavy atom. The zero-order valence-electron chi connectivity index (χ0n) is 6.50. The molecule has 0 aromatic carbocycles. The smallest absolute Gasteiger partial charge is 0.241 e. The van der Waals surface area contributed by atoms with Crippen LogP contribution in [-0.4, -0.2) is 10.9 Å². The third-order valence-electron chi connectivity index (χ3n) is 1.30. The highest BCUT2D eigenvalue weighted by Crippen LogP contribution is 2.24. The molecule has 1 rings (SSSR count). The van der Waals surface area contributed by atoms with Gasteiger partial charge < -0.3 is 5.73 Å². The second-order valence-corrected chi connectivity index (χ2v) is 3.96. The van der Waals surface area contributed by atoms with Crippen LogP contribution < -0.4 is 5.73 Å². The molecule has 0 radical (unpaired) electrons. The number of rotatable bonds is 2. The number of primary amides is 1. The van der Waals surface area contributed by atoms with Crippen molar-refractivity contribution in [3.05, 3.63) is 33.0 Å². The lowest BCUT2D eigenvalue weighted by molar-refractivity contribution is -0.113. The zero-order valence-corrected chi connectivity index (χ0v) is 9.67. The lowest BCUT2D eigenvalue weighted by Gasteiger charge is -1.99. The number of halogens is 2. The Bertz CT molecular complexity index is 343. The number of nitrogens with two attached hydrogens (primary N) is 1. The van der Waals surface area contributed by atoms with Gasteiger partial charge in [-0.25, -0.2) is 0 Å². The first-order valence-corrected chi connectivity index (χ1v) is 4.96. The van der Waals surface area contributed by atoms with E-state index in [0.29, 0.717) is 0 Å². The summed E-state index contributed by atoms with van der Waals surface area (Å²) in [6, 6.07) is 0. The molecule has 2 N–H and O–H groups in total. The average Bonchev–Trinajstić information content (AvgIpc) is 2.03. The van der Waals surface area contributed by atoms with E-state index < -0.39 is 5.91 Å². The maximum atomic E-state index is 10.5. The molecule has 0 unspecified atom stereocenters. The van der Waals surface area contributed by atoms with Crippen molar-refractivity contribution < 1.29 is 4.79 Å². The number of hydrogen-bond acceptors (Lipinski definition) is 2. The van der Waals surface area contributed by atoms with Gasteiger partial charge in [-0.05, 0) is 37.9 Å². The van der Waals surface area contributed by atoms with Gasteiger partial charge in [-0.2, -0.15) is 0 Å². The topological polar surface area (TPSA) is 56.0 Å². The summed E-state index contributed by atoms with van der Waals surface area (Å²) in [7, 11) is 0. The molecule has 5 heteroatoms. The lowest BCUT2D eigenvalue weighted by atomic mass is 10.2. The van der Waals surface area contributed by atoms with E-state index in [9.17, 15) is 4.79 Å². The number of amides is 1. The molecule has 0 fully saturated rings. The summed E-state index contributed by atoms with van der Waals surface area (Å²) in [5.74, 6) is -0.476. The van der Waals surface area contributed by atoms with Crippen LogP contribution in [0.3, 0.4) is 0 Å². The van der Waals surface area contributed by atoms with Crippen molar-refractivity contribution in [3.63, 3.8) is 0 Å². The molecule has 0 aliphatic heterocycles. The fraction of sp³-hybridized carbons (Fsp3) is 0. The number of pyridine rings is 1. The van der Waals surface area contributed by atoms with Gasteiger partial charge >= 0.3 is 0 Å². The lowest BCUT2D eigenvalue weighted by Crippen LogP contribution is -2.05. The monoisotopic (exact) mass is 304 g/mol. The summed E-state index contributed by atoms with van der Waals surface area (Å²) in [5, 5.41) is 0. The minimum Gasteiger partial charge on any atom is -0.366 e. The SMILES string of the molecule is NC(=O)/C=C/c1c(Br)cncc1Br. The third kappa shape index (κ3) is 2.93. The van der Waals surface area contributed by atoms with Crippen molar-refractivity contribution in [3.8, 4) is 0 Å². The summed E-state index contributed by atoms with van der Waals surface area (Å²) in [4.78, 5) is 14.4. The maximum absolute atomic E-state index is 10.5. The third-order valence-corrected chi connectivity index (χ3v) is 2.57. The molecule has 13 heavy (non-hydrogen) atoms. The van der Waals surface area contributed by atoms with E-state index in [-0.39, 0.29) is 0 Å². The summed E-state index contributed by atoms with van der Waals surface area (Å²) in [5.41, 5.74) is 5.81. The quantitative estimate of drug-likeness (QED) is 0.851. The molecule has 1 aromatic heterocycles. The first-order chi connectivity index (χ1) is 6.11. The van der Waals surface area contributed by atoms with Crippen molar-refractivity contribution in [1.29, 1.82) is 0 Å². The Morgan fingerprint density at radius 3 is 2.38 bits per heavy atom. The minimum absolute atomic E-state index is 0.476. The molecule has 0 saturated carbocycles. The maximum Gasteiger partial charge on any atom is 0.241 e. The summed E-state index contributed by atoms with van der Waals surface area (Å²) < 4.78 is 1.61. The molecule has 1 heterocycles.